The first-order valence-corrected chi connectivity index (χ1v) is 8.63. The zero-order chi connectivity index (χ0) is 14.8. The van der Waals surface area contributed by atoms with E-state index in [9.17, 15) is 9.50 Å². The van der Waals surface area contributed by atoms with E-state index >= 15 is 0 Å². The molecule has 0 saturated heterocycles. The molecule has 4 unspecified atom stereocenters. The zero-order valence-corrected chi connectivity index (χ0v) is 13.2. The fourth-order valence-electron chi connectivity index (χ4n) is 4.33. The zero-order valence-electron chi connectivity index (χ0n) is 12.4. The first-order valence-electron chi connectivity index (χ1n) is 8.25. The third-order valence-corrected chi connectivity index (χ3v) is 5.84. The maximum absolute atomic E-state index is 13.2. The van der Waals surface area contributed by atoms with Gasteiger partial charge in [-0.1, -0.05) is 43.4 Å². The predicted octanol–water partition coefficient (Wildman–Crippen LogP) is 4.99. The number of fused-ring (bicyclic) bond motifs is 1. The predicted molar refractivity (Wildman–Crippen MR) is 83.9 cm³/mol. The summed E-state index contributed by atoms with van der Waals surface area (Å²) >= 11 is 5.82. The van der Waals surface area contributed by atoms with Crippen molar-refractivity contribution in [3.05, 3.63) is 34.6 Å². The summed E-state index contributed by atoms with van der Waals surface area (Å²) in [4.78, 5) is 0. The lowest BCUT2D eigenvalue weighted by Crippen LogP contribution is -2.34. The summed E-state index contributed by atoms with van der Waals surface area (Å²) in [6, 6.07) is 4.77. The van der Waals surface area contributed by atoms with Crippen molar-refractivity contribution in [1.29, 1.82) is 0 Å². The number of hydrogen-bond acceptors (Lipinski definition) is 1. The molecule has 2 aliphatic carbocycles. The molecular formula is C18H24ClFO. The van der Waals surface area contributed by atoms with Crippen LogP contribution in [0.25, 0.3) is 0 Å². The maximum atomic E-state index is 13.2. The smallest absolute Gasteiger partial charge is 0.141 e. The van der Waals surface area contributed by atoms with Crippen LogP contribution in [-0.2, 0) is 6.42 Å². The Balaban J connectivity index is 1.60. The van der Waals surface area contributed by atoms with Gasteiger partial charge in [0.15, 0.2) is 0 Å². The number of rotatable bonds is 3. The van der Waals surface area contributed by atoms with Crippen molar-refractivity contribution in [3.63, 3.8) is 0 Å². The molecule has 4 atom stereocenters. The van der Waals surface area contributed by atoms with Gasteiger partial charge in [-0.25, -0.2) is 4.39 Å². The third kappa shape index (κ3) is 3.60. The Morgan fingerprint density at radius 3 is 2.67 bits per heavy atom. The molecule has 1 nitrogen and oxygen atoms in total. The lowest BCUT2D eigenvalue weighted by Gasteiger charge is -2.40. The van der Waals surface area contributed by atoms with Gasteiger partial charge in [0, 0.05) is 0 Å². The van der Waals surface area contributed by atoms with Crippen molar-refractivity contribution in [3.8, 4) is 0 Å². The Morgan fingerprint density at radius 1 is 1.14 bits per heavy atom. The van der Waals surface area contributed by atoms with Crippen molar-refractivity contribution in [2.75, 3.05) is 0 Å². The molecule has 2 fully saturated rings. The summed E-state index contributed by atoms with van der Waals surface area (Å²) in [6.07, 6.45) is 9.32. The van der Waals surface area contributed by atoms with Crippen LogP contribution in [0.1, 0.15) is 50.5 Å². The normalized spacial score (nSPS) is 30.7. The quantitative estimate of drug-likeness (QED) is 0.834. The Labute approximate surface area is 131 Å². The standard InChI is InChI=1S/C18H24ClFO/c19-16-9-12(5-8-17(16)20)10-18(21)15-7-6-13-3-1-2-4-14(13)11-15/h5,8-9,13-15,18,21H,1-4,6-7,10-11H2. The number of aliphatic hydroxyl groups excluding tert-OH is 1. The Morgan fingerprint density at radius 2 is 1.90 bits per heavy atom. The molecule has 1 N–H and O–H groups in total. The van der Waals surface area contributed by atoms with Crippen molar-refractivity contribution in [1.82, 2.24) is 0 Å². The second-order valence-electron chi connectivity index (χ2n) is 6.90. The molecule has 2 saturated carbocycles. The highest BCUT2D eigenvalue weighted by Crippen LogP contribution is 2.43. The van der Waals surface area contributed by atoms with Crippen LogP contribution in [0.3, 0.4) is 0 Å². The molecule has 116 valence electrons. The highest BCUT2D eigenvalue weighted by Gasteiger charge is 2.34. The monoisotopic (exact) mass is 310 g/mol. The van der Waals surface area contributed by atoms with Crippen molar-refractivity contribution < 1.29 is 9.50 Å². The molecule has 0 aliphatic heterocycles. The summed E-state index contributed by atoms with van der Waals surface area (Å²) < 4.78 is 13.2. The van der Waals surface area contributed by atoms with Crippen molar-refractivity contribution >= 4 is 11.6 Å². The van der Waals surface area contributed by atoms with E-state index in [1.807, 2.05) is 0 Å². The van der Waals surface area contributed by atoms with Gasteiger partial charge in [0.05, 0.1) is 11.1 Å². The van der Waals surface area contributed by atoms with E-state index < -0.39 is 5.82 Å². The molecule has 2 aliphatic rings. The molecule has 1 aromatic carbocycles. The van der Waals surface area contributed by atoms with Crippen LogP contribution in [0.2, 0.25) is 5.02 Å². The highest BCUT2D eigenvalue weighted by molar-refractivity contribution is 6.30. The van der Waals surface area contributed by atoms with E-state index in [4.69, 9.17) is 11.6 Å². The van der Waals surface area contributed by atoms with E-state index in [-0.39, 0.29) is 11.1 Å². The molecule has 0 bridgehead atoms. The van der Waals surface area contributed by atoms with Crippen LogP contribution in [0.5, 0.6) is 0 Å². The first-order chi connectivity index (χ1) is 10.1. The molecule has 0 radical (unpaired) electrons. The van der Waals surface area contributed by atoms with E-state index in [2.05, 4.69) is 0 Å². The minimum atomic E-state index is -0.391. The molecular weight excluding hydrogens is 287 g/mol. The van der Waals surface area contributed by atoms with Gasteiger partial charge in [0.25, 0.3) is 0 Å². The Bertz CT molecular complexity index is 490. The van der Waals surface area contributed by atoms with Crippen molar-refractivity contribution in [2.45, 2.75) is 57.5 Å². The summed E-state index contributed by atoms with van der Waals surface area (Å²) in [5.74, 6) is 1.73. The summed E-state index contributed by atoms with van der Waals surface area (Å²) in [5.41, 5.74) is 0.930. The lowest BCUT2D eigenvalue weighted by molar-refractivity contribution is 0.0361. The maximum Gasteiger partial charge on any atom is 0.141 e. The minimum Gasteiger partial charge on any atom is -0.392 e. The SMILES string of the molecule is OC(Cc1ccc(F)c(Cl)c1)C1CCC2CCCCC2C1. The van der Waals surface area contributed by atoms with Crippen LogP contribution in [-0.4, -0.2) is 11.2 Å². The van der Waals surface area contributed by atoms with Gasteiger partial charge in [-0.15, -0.1) is 0 Å². The molecule has 0 spiro atoms. The number of hydrogen-bond donors (Lipinski definition) is 1. The summed E-state index contributed by atoms with van der Waals surface area (Å²) in [6.45, 7) is 0. The fourth-order valence-corrected chi connectivity index (χ4v) is 4.54. The van der Waals surface area contributed by atoms with Crippen LogP contribution < -0.4 is 0 Å². The van der Waals surface area contributed by atoms with Gasteiger partial charge in [0.2, 0.25) is 0 Å². The topological polar surface area (TPSA) is 20.2 Å². The van der Waals surface area contributed by atoms with Crippen LogP contribution in [0, 0.1) is 23.6 Å². The number of halogens is 2. The molecule has 0 amide bonds. The summed E-state index contributed by atoms with van der Waals surface area (Å²) in [7, 11) is 0. The van der Waals surface area contributed by atoms with Gasteiger partial charge in [-0.05, 0) is 61.1 Å². The van der Waals surface area contributed by atoms with E-state index in [0.29, 0.717) is 12.3 Å². The van der Waals surface area contributed by atoms with Crippen LogP contribution >= 0.6 is 11.6 Å². The van der Waals surface area contributed by atoms with Crippen LogP contribution in [0.15, 0.2) is 18.2 Å². The van der Waals surface area contributed by atoms with Gasteiger partial charge < -0.3 is 5.11 Å². The first kappa shape index (κ1) is 15.3. The van der Waals surface area contributed by atoms with E-state index in [1.54, 1.807) is 12.1 Å². The van der Waals surface area contributed by atoms with Gasteiger partial charge >= 0.3 is 0 Å². The second-order valence-corrected chi connectivity index (χ2v) is 7.30. The minimum absolute atomic E-state index is 0.149. The fraction of sp³-hybridized carbons (Fsp3) is 0.667. The van der Waals surface area contributed by atoms with E-state index in [0.717, 1.165) is 23.8 Å². The van der Waals surface area contributed by atoms with Crippen LogP contribution in [0.4, 0.5) is 4.39 Å². The average Bonchev–Trinajstić information content (AvgIpc) is 2.50. The number of aliphatic hydroxyl groups is 1. The van der Waals surface area contributed by atoms with E-state index in [1.165, 1.54) is 44.6 Å². The lowest BCUT2D eigenvalue weighted by atomic mass is 9.66. The highest BCUT2D eigenvalue weighted by atomic mass is 35.5. The molecule has 3 rings (SSSR count). The number of benzene rings is 1. The largest absolute Gasteiger partial charge is 0.392 e. The summed E-state index contributed by atoms with van der Waals surface area (Å²) in [5, 5.41) is 10.7. The van der Waals surface area contributed by atoms with Gasteiger partial charge in [-0.2, -0.15) is 0 Å². The molecule has 0 heterocycles. The molecule has 3 heteroatoms. The molecule has 1 aromatic rings. The molecule has 21 heavy (non-hydrogen) atoms. The van der Waals surface area contributed by atoms with Gasteiger partial charge in [0.1, 0.15) is 5.82 Å². The van der Waals surface area contributed by atoms with Crippen molar-refractivity contribution in [2.24, 2.45) is 17.8 Å². The average molecular weight is 311 g/mol. The third-order valence-electron chi connectivity index (χ3n) is 5.55. The Kier molecular flexibility index (Phi) is 4.85. The molecule has 0 aromatic heterocycles. The second kappa shape index (κ2) is 6.66. The van der Waals surface area contributed by atoms with Gasteiger partial charge in [-0.3, -0.25) is 0 Å². The Hall–Kier alpha value is -0.600.